The van der Waals surface area contributed by atoms with Crippen LogP contribution in [0.2, 0.25) is 0 Å². The van der Waals surface area contributed by atoms with E-state index in [1.54, 1.807) is 7.11 Å². The summed E-state index contributed by atoms with van der Waals surface area (Å²) in [6, 6.07) is 8.08. The molecule has 1 aromatic rings. The van der Waals surface area contributed by atoms with Gasteiger partial charge in [0.1, 0.15) is 5.75 Å². The number of nitrogens with one attached hydrogen (secondary N) is 2. The highest BCUT2D eigenvalue weighted by Gasteiger charge is 2.08. The summed E-state index contributed by atoms with van der Waals surface area (Å²) in [6.45, 7) is 8.52. The Bertz CT molecular complexity index is 509. The minimum absolute atomic E-state index is 0.675. The summed E-state index contributed by atoms with van der Waals surface area (Å²) in [5.41, 5.74) is 1.18. The van der Waals surface area contributed by atoms with Crippen LogP contribution in [-0.4, -0.2) is 50.7 Å². The number of rotatable bonds is 10. The molecule has 5 nitrogen and oxygen atoms in total. The van der Waals surface area contributed by atoms with Gasteiger partial charge in [-0.15, -0.1) is 0 Å². The fraction of sp³-hybridized carbons (Fsp3) is 0.667. The number of guanidine groups is 1. The van der Waals surface area contributed by atoms with Gasteiger partial charge in [-0.1, -0.05) is 25.0 Å². The van der Waals surface area contributed by atoms with E-state index >= 15 is 0 Å². The van der Waals surface area contributed by atoms with Crippen LogP contribution in [0.3, 0.4) is 0 Å². The Morgan fingerprint density at radius 1 is 1.04 bits per heavy atom. The molecule has 1 heterocycles. The summed E-state index contributed by atoms with van der Waals surface area (Å²) in [4.78, 5) is 7.30. The Hall–Kier alpha value is -1.75. The van der Waals surface area contributed by atoms with Gasteiger partial charge >= 0.3 is 0 Å². The fourth-order valence-corrected chi connectivity index (χ4v) is 3.27. The van der Waals surface area contributed by atoms with Gasteiger partial charge in [-0.05, 0) is 69.9 Å². The topological polar surface area (TPSA) is 48.9 Å². The Labute approximate surface area is 159 Å². The van der Waals surface area contributed by atoms with Crippen LogP contribution in [0.1, 0.15) is 51.0 Å². The van der Waals surface area contributed by atoms with Crippen LogP contribution < -0.4 is 15.4 Å². The van der Waals surface area contributed by atoms with Crippen LogP contribution in [-0.2, 0) is 6.54 Å². The van der Waals surface area contributed by atoms with Crippen molar-refractivity contribution in [2.24, 2.45) is 4.99 Å². The molecule has 0 amide bonds. The third kappa shape index (κ3) is 8.09. The first-order chi connectivity index (χ1) is 12.8. The van der Waals surface area contributed by atoms with Crippen molar-refractivity contribution in [3.63, 3.8) is 0 Å². The number of unbranched alkanes of at least 4 members (excludes halogenated alkanes) is 2. The molecule has 2 rings (SSSR count). The predicted molar refractivity (Wildman–Crippen MR) is 110 cm³/mol. The molecular formula is C21H36N4O. The number of aliphatic imine (C=N–C) groups is 1. The minimum Gasteiger partial charge on any atom is -0.497 e. The molecule has 1 aliphatic heterocycles. The highest BCUT2D eigenvalue weighted by Crippen LogP contribution is 2.12. The lowest BCUT2D eigenvalue weighted by atomic mass is 10.1. The Morgan fingerprint density at radius 3 is 2.50 bits per heavy atom. The number of methoxy groups -OCH3 is 1. The third-order valence-corrected chi connectivity index (χ3v) is 4.82. The van der Waals surface area contributed by atoms with Gasteiger partial charge in [-0.3, -0.25) is 0 Å². The standard InChI is InChI=1S/C21H36N4O/c1-3-22-21(24-18-19-10-12-20(26-2)13-11-19)23-14-6-4-7-15-25-16-8-5-9-17-25/h10-13H,3-9,14-18H2,1-2H3,(H2,22,23,24). The molecule has 0 aromatic heterocycles. The van der Waals surface area contributed by atoms with E-state index in [1.165, 1.54) is 63.7 Å². The maximum atomic E-state index is 5.19. The summed E-state index contributed by atoms with van der Waals surface area (Å²) in [5.74, 6) is 1.78. The number of benzene rings is 1. The SMILES string of the molecule is CCNC(=NCc1ccc(OC)cc1)NCCCCCN1CCCCC1. The lowest BCUT2D eigenvalue weighted by Crippen LogP contribution is -2.37. The molecule has 0 saturated carbocycles. The molecule has 0 atom stereocenters. The molecule has 0 radical (unpaired) electrons. The minimum atomic E-state index is 0.675. The van der Waals surface area contributed by atoms with Gasteiger partial charge in [0, 0.05) is 13.1 Å². The van der Waals surface area contributed by atoms with Gasteiger partial charge in [0.15, 0.2) is 5.96 Å². The van der Waals surface area contributed by atoms with Crippen molar-refractivity contribution in [2.75, 3.05) is 39.8 Å². The van der Waals surface area contributed by atoms with E-state index in [0.717, 1.165) is 24.8 Å². The van der Waals surface area contributed by atoms with E-state index in [9.17, 15) is 0 Å². The van der Waals surface area contributed by atoms with Gasteiger partial charge in [-0.2, -0.15) is 0 Å². The smallest absolute Gasteiger partial charge is 0.191 e. The Kier molecular flexibility index (Phi) is 9.95. The van der Waals surface area contributed by atoms with E-state index in [4.69, 9.17) is 4.74 Å². The van der Waals surface area contributed by atoms with Crippen LogP contribution in [0.15, 0.2) is 29.3 Å². The second-order valence-electron chi connectivity index (χ2n) is 6.93. The van der Waals surface area contributed by atoms with Crippen LogP contribution in [0.5, 0.6) is 5.75 Å². The second kappa shape index (κ2) is 12.6. The maximum absolute atomic E-state index is 5.19. The average molecular weight is 361 g/mol. The van der Waals surface area contributed by atoms with E-state index < -0.39 is 0 Å². The Morgan fingerprint density at radius 2 is 1.81 bits per heavy atom. The number of hydrogen-bond acceptors (Lipinski definition) is 3. The van der Waals surface area contributed by atoms with Crippen molar-refractivity contribution in [1.82, 2.24) is 15.5 Å². The van der Waals surface area contributed by atoms with Gasteiger partial charge < -0.3 is 20.3 Å². The highest BCUT2D eigenvalue weighted by atomic mass is 16.5. The highest BCUT2D eigenvalue weighted by molar-refractivity contribution is 5.79. The molecule has 1 fully saturated rings. The molecule has 146 valence electrons. The van der Waals surface area contributed by atoms with E-state index in [1.807, 2.05) is 12.1 Å². The quantitative estimate of drug-likeness (QED) is 0.381. The van der Waals surface area contributed by atoms with Crippen molar-refractivity contribution >= 4 is 5.96 Å². The molecule has 5 heteroatoms. The number of piperidine rings is 1. The molecule has 1 saturated heterocycles. The van der Waals surface area contributed by atoms with Crippen molar-refractivity contribution in [3.05, 3.63) is 29.8 Å². The number of likely N-dealkylation sites (tertiary alicyclic amines) is 1. The third-order valence-electron chi connectivity index (χ3n) is 4.82. The fourth-order valence-electron chi connectivity index (χ4n) is 3.27. The molecule has 1 aliphatic rings. The predicted octanol–water partition coefficient (Wildman–Crippen LogP) is 3.41. The monoisotopic (exact) mass is 360 g/mol. The van der Waals surface area contributed by atoms with Crippen molar-refractivity contribution in [3.8, 4) is 5.75 Å². The average Bonchev–Trinajstić information content (AvgIpc) is 2.69. The molecular weight excluding hydrogens is 324 g/mol. The van der Waals surface area contributed by atoms with E-state index in [2.05, 4.69) is 39.6 Å². The van der Waals surface area contributed by atoms with Crippen LogP contribution in [0.25, 0.3) is 0 Å². The Balaban J connectivity index is 1.63. The zero-order chi connectivity index (χ0) is 18.5. The lowest BCUT2D eigenvalue weighted by Gasteiger charge is -2.26. The van der Waals surface area contributed by atoms with E-state index in [0.29, 0.717) is 6.54 Å². The van der Waals surface area contributed by atoms with Crippen LogP contribution in [0.4, 0.5) is 0 Å². The van der Waals surface area contributed by atoms with Gasteiger partial charge in [0.25, 0.3) is 0 Å². The molecule has 0 bridgehead atoms. The molecule has 26 heavy (non-hydrogen) atoms. The first-order valence-corrected chi connectivity index (χ1v) is 10.2. The van der Waals surface area contributed by atoms with Crippen molar-refractivity contribution in [1.29, 1.82) is 0 Å². The number of ether oxygens (including phenoxy) is 1. The normalized spacial score (nSPS) is 15.7. The summed E-state index contributed by atoms with van der Waals surface area (Å²) < 4.78 is 5.19. The first kappa shape index (κ1) is 20.6. The molecule has 0 unspecified atom stereocenters. The summed E-state index contributed by atoms with van der Waals surface area (Å²) in [5, 5.41) is 6.78. The lowest BCUT2D eigenvalue weighted by molar-refractivity contribution is 0.224. The molecule has 0 aliphatic carbocycles. The maximum Gasteiger partial charge on any atom is 0.191 e. The molecule has 2 N–H and O–H groups in total. The zero-order valence-corrected chi connectivity index (χ0v) is 16.6. The van der Waals surface area contributed by atoms with Gasteiger partial charge in [0.05, 0.1) is 13.7 Å². The first-order valence-electron chi connectivity index (χ1n) is 10.2. The van der Waals surface area contributed by atoms with Crippen LogP contribution >= 0.6 is 0 Å². The molecule has 1 aromatic carbocycles. The second-order valence-corrected chi connectivity index (χ2v) is 6.93. The summed E-state index contributed by atoms with van der Waals surface area (Å²) in [6.07, 6.45) is 7.98. The van der Waals surface area contributed by atoms with Gasteiger partial charge in [-0.25, -0.2) is 4.99 Å². The largest absolute Gasteiger partial charge is 0.497 e. The summed E-state index contributed by atoms with van der Waals surface area (Å²) >= 11 is 0. The van der Waals surface area contributed by atoms with Crippen molar-refractivity contribution in [2.45, 2.75) is 52.0 Å². The summed E-state index contributed by atoms with van der Waals surface area (Å²) in [7, 11) is 1.69. The molecule has 0 spiro atoms. The zero-order valence-electron chi connectivity index (χ0n) is 16.6. The van der Waals surface area contributed by atoms with E-state index in [-0.39, 0.29) is 0 Å². The number of hydrogen-bond donors (Lipinski definition) is 2. The number of nitrogens with zero attached hydrogens (tertiary/aromatic N) is 2. The van der Waals surface area contributed by atoms with Crippen molar-refractivity contribution < 1.29 is 4.74 Å². The van der Waals surface area contributed by atoms with Gasteiger partial charge in [0.2, 0.25) is 0 Å². The van der Waals surface area contributed by atoms with Crippen LogP contribution in [0, 0.1) is 0 Å².